The highest BCUT2D eigenvalue weighted by Crippen LogP contribution is 2.18. The largest absolute Gasteiger partial charge is 0.489 e. The molecule has 0 N–H and O–H groups in total. The van der Waals surface area contributed by atoms with Crippen LogP contribution in [0.1, 0.15) is 46.8 Å². The van der Waals surface area contributed by atoms with E-state index in [0.29, 0.717) is 24.6 Å². The standard InChI is InChI=1S/C24H26N2O2/c1-18(2)21-8-6-19(7-9-21)16-26(3)24(27)22-10-12-23(13-11-22)28-17-20-5-4-14-25-15-20/h4-15,18H,16-17H2,1-3H3. The van der Waals surface area contributed by atoms with Crippen LogP contribution < -0.4 is 4.74 Å². The molecule has 0 unspecified atom stereocenters. The predicted molar refractivity (Wildman–Crippen MR) is 111 cm³/mol. The third-order valence-electron chi connectivity index (χ3n) is 4.64. The number of benzene rings is 2. The molecular formula is C24H26N2O2. The van der Waals surface area contributed by atoms with Gasteiger partial charge in [-0.2, -0.15) is 0 Å². The van der Waals surface area contributed by atoms with Crippen molar-refractivity contribution in [3.63, 3.8) is 0 Å². The normalized spacial score (nSPS) is 10.7. The summed E-state index contributed by atoms with van der Waals surface area (Å²) in [5.41, 5.74) is 4.08. The number of aromatic nitrogens is 1. The lowest BCUT2D eigenvalue weighted by atomic mass is 10.0. The zero-order valence-corrected chi connectivity index (χ0v) is 16.6. The molecule has 4 nitrogen and oxygen atoms in total. The van der Waals surface area contributed by atoms with Gasteiger partial charge in [0.15, 0.2) is 0 Å². The summed E-state index contributed by atoms with van der Waals surface area (Å²) in [7, 11) is 1.82. The van der Waals surface area contributed by atoms with Crippen molar-refractivity contribution >= 4 is 5.91 Å². The predicted octanol–water partition coefficient (Wildman–Crippen LogP) is 5.06. The van der Waals surface area contributed by atoms with Crippen LogP contribution in [0.15, 0.2) is 73.1 Å². The molecule has 1 heterocycles. The molecule has 3 rings (SSSR count). The van der Waals surface area contributed by atoms with Crippen molar-refractivity contribution in [2.45, 2.75) is 32.9 Å². The molecule has 28 heavy (non-hydrogen) atoms. The van der Waals surface area contributed by atoms with Crippen molar-refractivity contribution in [2.75, 3.05) is 7.05 Å². The van der Waals surface area contributed by atoms with E-state index in [2.05, 4.69) is 43.1 Å². The zero-order chi connectivity index (χ0) is 19.9. The molecule has 0 radical (unpaired) electrons. The molecule has 3 aromatic rings. The van der Waals surface area contributed by atoms with E-state index in [1.807, 2.05) is 31.3 Å². The van der Waals surface area contributed by atoms with Crippen LogP contribution in [0.3, 0.4) is 0 Å². The molecule has 0 fully saturated rings. The Balaban J connectivity index is 1.57. The Morgan fingerprint density at radius 3 is 2.32 bits per heavy atom. The van der Waals surface area contributed by atoms with Gasteiger partial charge < -0.3 is 9.64 Å². The molecule has 1 aromatic heterocycles. The van der Waals surface area contributed by atoms with Crippen molar-refractivity contribution in [1.82, 2.24) is 9.88 Å². The van der Waals surface area contributed by atoms with Crippen LogP contribution in [-0.4, -0.2) is 22.8 Å². The minimum absolute atomic E-state index is 0.00764. The van der Waals surface area contributed by atoms with Gasteiger partial charge in [-0.25, -0.2) is 0 Å². The van der Waals surface area contributed by atoms with Gasteiger partial charge in [0.25, 0.3) is 5.91 Å². The first-order valence-electron chi connectivity index (χ1n) is 9.49. The molecule has 0 aliphatic heterocycles. The number of nitrogens with zero attached hydrogens (tertiary/aromatic N) is 2. The first-order valence-corrected chi connectivity index (χ1v) is 9.49. The van der Waals surface area contributed by atoms with Gasteiger partial charge in [-0.3, -0.25) is 9.78 Å². The van der Waals surface area contributed by atoms with E-state index in [9.17, 15) is 4.79 Å². The van der Waals surface area contributed by atoms with Crippen LogP contribution in [0.5, 0.6) is 5.75 Å². The Hall–Kier alpha value is -3.14. The number of rotatable bonds is 7. The van der Waals surface area contributed by atoms with Crippen LogP contribution in [0, 0.1) is 0 Å². The van der Waals surface area contributed by atoms with Gasteiger partial charge in [0.05, 0.1) is 0 Å². The second-order valence-corrected chi connectivity index (χ2v) is 7.23. The molecule has 0 saturated carbocycles. The van der Waals surface area contributed by atoms with Crippen LogP contribution in [-0.2, 0) is 13.2 Å². The molecule has 1 amide bonds. The summed E-state index contributed by atoms with van der Waals surface area (Å²) in [5, 5.41) is 0. The lowest BCUT2D eigenvalue weighted by Crippen LogP contribution is -2.26. The highest BCUT2D eigenvalue weighted by molar-refractivity contribution is 5.94. The average Bonchev–Trinajstić information content (AvgIpc) is 2.73. The highest BCUT2D eigenvalue weighted by atomic mass is 16.5. The summed E-state index contributed by atoms with van der Waals surface area (Å²) in [6.07, 6.45) is 3.51. The van der Waals surface area contributed by atoms with Gasteiger partial charge in [-0.1, -0.05) is 44.2 Å². The molecule has 2 aromatic carbocycles. The van der Waals surface area contributed by atoms with Gasteiger partial charge in [0.2, 0.25) is 0 Å². The lowest BCUT2D eigenvalue weighted by Gasteiger charge is -2.18. The van der Waals surface area contributed by atoms with Gasteiger partial charge in [0.1, 0.15) is 12.4 Å². The molecule has 144 valence electrons. The topological polar surface area (TPSA) is 42.4 Å². The maximum absolute atomic E-state index is 12.7. The van der Waals surface area contributed by atoms with Crippen molar-refractivity contribution in [1.29, 1.82) is 0 Å². The quantitative estimate of drug-likeness (QED) is 0.581. The van der Waals surface area contributed by atoms with Crippen LogP contribution >= 0.6 is 0 Å². The maximum Gasteiger partial charge on any atom is 0.253 e. The van der Waals surface area contributed by atoms with Crippen molar-refractivity contribution in [3.8, 4) is 5.75 Å². The number of ether oxygens (including phenoxy) is 1. The Morgan fingerprint density at radius 1 is 1.00 bits per heavy atom. The number of carbonyl (C=O) groups excluding carboxylic acids is 1. The molecule has 0 bridgehead atoms. The number of pyridine rings is 1. The fourth-order valence-electron chi connectivity index (χ4n) is 2.92. The van der Waals surface area contributed by atoms with Crippen LogP contribution in [0.4, 0.5) is 0 Å². The first-order chi connectivity index (χ1) is 13.5. The summed E-state index contributed by atoms with van der Waals surface area (Å²) in [6, 6.07) is 19.6. The van der Waals surface area contributed by atoms with Crippen molar-refractivity contribution < 1.29 is 9.53 Å². The Labute approximate surface area is 166 Å². The van der Waals surface area contributed by atoms with E-state index in [0.717, 1.165) is 16.9 Å². The van der Waals surface area contributed by atoms with E-state index in [1.54, 1.807) is 29.4 Å². The monoisotopic (exact) mass is 374 g/mol. The SMILES string of the molecule is CC(C)c1ccc(CN(C)C(=O)c2ccc(OCc3cccnc3)cc2)cc1. The third kappa shape index (κ3) is 5.19. The average molecular weight is 374 g/mol. The summed E-state index contributed by atoms with van der Waals surface area (Å²) >= 11 is 0. The molecule has 0 spiro atoms. The lowest BCUT2D eigenvalue weighted by molar-refractivity contribution is 0.0785. The van der Waals surface area contributed by atoms with E-state index in [4.69, 9.17) is 4.74 Å². The molecular weight excluding hydrogens is 348 g/mol. The zero-order valence-electron chi connectivity index (χ0n) is 16.6. The molecule has 0 saturated heterocycles. The minimum Gasteiger partial charge on any atom is -0.489 e. The molecule has 0 atom stereocenters. The summed E-state index contributed by atoms with van der Waals surface area (Å²) in [6.45, 7) is 5.38. The fraction of sp³-hybridized carbons (Fsp3) is 0.250. The summed E-state index contributed by atoms with van der Waals surface area (Å²) in [5.74, 6) is 1.23. The number of carbonyl (C=O) groups is 1. The van der Waals surface area contributed by atoms with E-state index in [1.165, 1.54) is 5.56 Å². The van der Waals surface area contributed by atoms with Crippen molar-refractivity contribution in [3.05, 3.63) is 95.3 Å². The maximum atomic E-state index is 12.7. The molecule has 4 heteroatoms. The van der Waals surface area contributed by atoms with E-state index < -0.39 is 0 Å². The number of hydrogen-bond donors (Lipinski definition) is 0. The van der Waals surface area contributed by atoms with Gasteiger partial charge in [-0.15, -0.1) is 0 Å². The minimum atomic E-state index is -0.00764. The summed E-state index contributed by atoms with van der Waals surface area (Å²) < 4.78 is 5.75. The third-order valence-corrected chi connectivity index (χ3v) is 4.64. The van der Waals surface area contributed by atoms with Gasteiger partial charge in [-0.05, 0) is 47.4 Å². The smallest absolute Gasteiger partial charge is 0.253 e. The Kier molecular flexibility index (Phi) is 6.43. The second kappa shape index (κ2) is 9.18. The molecule has 0 aliphatic carbocycles. The highest BCUT2D eigenvalue weighted by Gasteiger charge is 2.12. The van der Waals surface area contributed by atoms with Gasteiger partial charge >= 0.3 is 0 Å². The molecule has 0 aliphatic rings. The fourth-order valence-corrected chi connectivity index (χ4v) is 2.92. The number of hydrogen-bond acceptors (Lipinski definition) is 3. The van der Waals surface area contributed by atoms with Gasteiger partial charge in [0, 0.05) is 37.1 Å². The van der Waals surface area contributed by atoms with Crippen LogP contribution in [0.2, 0.25) is 0 Å². The first kappa shape index (κ1) is 19.6. The Bertz CT molecular complexity index is 888. The summed E-state index contributed by atoms with van der Waals surface area (Å²) in [4.78, 5) is 18.5. The van der Waals surface area contributed by atoms with Crippen LogP contribution in [0.25, 0.3) is 0 Å². The second-order valence-electron chi connectivity index (χ2n) is 7.23. The van der Waals surface area contributed by atoms with Crippen molar-refractivity contribution in [2.24, 2.45) is 0 Å². The van der Waals surface area contributed by atoms with E-state index in [-0.39, 0.29) is 5.91 Å². The number of amides is 1. The van der Waals surface area contributed by atoms with E-state index >= 15 is 0 Å². The Morgan fingerprint density at radius 2 is 1.71 bits per heavy atom.